The molecule has 124 valence electrons. The number of anilines is 1. The Bertz CT molecular complexity index is 694. The third kappa shape index (κ3) is 4.29. The number of rotatable bonds is 7. The summed E-state index contributed by atoms with van der Waals surface area (Å²) in [5, 5.41) is 21.1. The number of nitro groups is 1. The first-order valence-electron chi connectivity index (χ1n) is 6.74. The predicted molar refractivity (Wildman–Crippen MR) is 90.4 cm³/mol. The first-order chi connectivity index (χ1) is 11.0. The summed E-state index contributed by atoms with van der Waals surface area (Å²) < 4.78 is 0.380. The molecule has 0 spiro atoms. The van der Waals surface area contributed by atoms with E-state index in [1.54, 1.807) is 11.1 Å². The predicted octanol–water partition coefficient (Wildman–Crippen LogP) is 3.53. The van der Waals surface area contributed by atoms with Gasteiger partial charge in [0, 0.05) is 17.1 Å². The zero-order chi connectivity index (χ0) is 17.0. The Balaban J connectivity index is 2.48. The number of aromatic nitrogens is 2. The van der Waals surface area contributed by atoms with Crippen molar-refractivity contribution in [2.45, 2.75) is 25.9 Å². The van der Waals surface area contributed by atoms with Crippen molar-refractivity contribution in [2.24, 2.45) is 0 Å². The van der Waals surface area contributed by atoms with Gasteiger partial charge in [-0.1, -0.05) is 30.1 Å². The van der Waals surface area contributed by atoms with Gasteiger partial charge in [0.25, 0.3) is 0 Å². The minimum Gasteiger partial charge on any atom is -0.394 e. The Morgan fingerprint density at radius 3 is 2.74 bits per heavy atom. The maximum absolute atomic E-state index is 11.3. The van der Waals surface area contributed by atoms with Crippen LogP contribution >= 0.6 is 34.5 Å². The average molecular weight is 377 g/mol. The monoisotopic (exact) mass is 376 g/mol. The maximum atomic E-state index is 11.3. The van der Waals surface area contributed by atoms with Crippen LogP contribution in [-0.2, 0) is 6.54 Å². The molecule has 0 aliphatic heterocycles. The summed E-state index contributed by atoms with van der Waals surface area (Å²) in [6.45, 7) is 2.00. The highest BCUT2D eigenvalue weighted by Gasteiger charge is 2.27. The molecule has 23 heavy (non-hydrogen) atoms. The van der Waals surface area contributed by atoms with Crippen LogP contribution in [0.25, 0.3) is 0 Å². The van der Waals surface area contributed by atoms with Gasteiger partial charge in [-0.15, -0.1) is 11.3 Å². The number of pyridine rings is 1. The molecule has 0 saturated carbocycles. The van der Waals surface area contributed by atoms with Gasteiger partial charge in [-0.05, 0) is 12.5 Å². The Hall–Kier alpha value is -1.48. The SMILES string of the molecule is CCC(CO)N(Cc1cnc(Cl)s1)c1nc(Cl)ccc1[N+](=O)[O-]. The van der Waals surface area contributed by atoms with Gasteiger partial charge >= 0.3 is 5.69 Å². The number of nitrogens with zero attached hydrogens (tertiary/aromatic N) is 4. The first-order valence-corrected chi connectivity index (χ1v) is 8.32. The van der Waals surface area contributed by atoms with Crippen LogP contribution < -0.4 is 4.90 Å². The molecule has 2 aromatic heterocycles. The lowest BCUT2D eigenvalue weighted by Crippen LogP contribution is -2.38. The van der Waals surface area contributed by atoms with Crippen LogP contribution in [0.2, 0.25) is 9.62 Å². The molecule has 0 amide bonds. The molecule has 0 bridgehead atoms. The molecule has 2 heterocycles. The normalized spacial score (nSPS) is 12.2. The number of thiazole rings is 1. The second-order valence-electron chi connectivity index (χ2n) is 4.69. The van der Waals surface area contributed by atoms with Gasteiger partial charge in [-0.2, -0.15) is 0 Å². The molecule has 0 radical (unpaired) electrons. The van der Waals surface area contributed by atoms with E-state index in [2.05, 4.69) is 9.97 Å². The highest BCUT2D eigenvalue weighted by molar-refractivity contribution is 7.15. The van der Waals surface area contributed by atoms with Crippen molar-refractivity contribution in [2.75, 3.05) is 11.5 Å². The van der Waals surface area contributed by atoms with Crippen LogP contribution in [0.5, 0.6) is 0 Å². The van der Waals surface area contributed by atoms with Gasteiger partial charge in [0.2, 0.25) is 5.82 Å². The molecule has 10 heteroatoms. The van der Waals surface area contributed by atoms with Crippen molar-refractivity contribution >= 4 is 46.0 Å². The molecule has 0 aliphatic rings. The van der Waals surface area contributed by atoms with Gasteiger partial charge in [0.05, 0.1) is 24.1 Å². The van der Waals surface area contributed by atoms with E-state index in [0.717, 1.165) is 4.88 Å². The number of aliphatic hydroxyl groups excluding tert-OH is 1. The van der Waals surface area contributed by atoms with E-state index in [0.29, 0.717) is 10.9 Å². The molecule has 0 aliphatic carbocycles. The van der Waals surface area contributed by atoms with Crippen LogP contribution in [0.4, 0.5) is 11.5 Å². The largest absolute Gasteiger partial charge is 0.394 e. The standard InChI is InChI=1S/C13H14Cl2N4O3S/c1-2-8(7-20)18(6-9-5-16-13(15)23-9)12-10(19(21)22)3-4-11(14)17-12/h3-5,8,20H,2,6-7H2,1H3. The van der Waals surface area contributed by atoms with E-state index in [9.17, 15) is 15.2 Å². The molecule has 1 atom stereocenters. The van der Waals surface area contributed by atoms with Gasteiger partial charge in [-0.25, -0.2) is 9.97 Å². The minimum absolute atomic E-state index is 0.118. The van der Waals surface area contributed by atoms with Crippen LogP contribution in [-0.4, -0.2) is 32.6 Å². The Kier molecular flexibility index (Phi) is 6.11. The molecule has 0 saturated heterocycles. The zero-order valence-corrected chi connectivity index (χ0v) is 14.5. The van der Waals surface area contributed by atoms with E-state index in [1.165, 1.54) is 23.5 Å². The van der Waals surface area contributed by atoms with Crippen molar-refractivity contribution in [1.82, 2.24) is 9.97 Å². The highest BCUT2D eigenvalue weighted by atomic mass is 35.5. The van der Waals surface area contributed by atoms with Crippen molar-refractivity contribution < 1.29 is 10.0 Å². The maximum Gasteiger partial charge on any atom is 0.311 e. The summed E-state index contributed by atoms with van der Waals surface area (Å²) in [5.41, 5.74) is -0.170. The summed E-state index contributed by atoms with van der Waals surface area (Å²) in [7, 11) is 0. The molecule has 7 nitrogen and oxygen atoms in total. The third-order valence-corrected chi connectivity index (χ3v) is 4.57. The lowest BCUT2D eigenvalue weighted by Gasteiger charge is -2.30. The highest BCUT2D eigenvalue weighted by Crippen LogP contribution is 2.32. The summed E-state index contributed by atoms with van der Waals surface area (Å²) in [6.07, 6.45) is 2.18. The molecular formula is C13H14Cl2N4O3S. The van der Waals surface area contributed by atoms with Crippen molar-refractivity contribution in [3.63, 3.8) is 0 Å². The minimum atomic E-state index is -0.518. The quantitative estimate of drug-likeness (QED) is 0.451. The molecule has 1 unspecified atom stereocenters. The van der Waals surface area contributed by atoms with Crippen LogP contribution in [0.15, 0.2) is 18.3 Å². The van der Waals surface area contributed by atoms with Crippen molar-refractivity contribution in [3.8, 4) is 0 Å². The number of halogens is 2. The smallest absolute Gasteiger partial charge is 0.311 e. The summed E-state index contributed by atoms with van der Waals surface area (Å²) in [6, 6.07) is 2.33. The van der Waals surface area contributed by atoms with Gasteiger partial charge in [0.15, 0.2) is 4.47 Å². The van der Waals surface area contributed by atoms with E-state index in [4.69, 9.17) is 23.2 Å². The van der Waals surface area contributed by atoms with Crippen LogP contribution in [0, 0.1) is 10.1 Å². The second-order valence-corrected chi connectivity index (χ2v) is 6.77. The lowest BCUT2D eigenvalue weighted by molar-refractivity contribution is -0.384. The number of hydrogen-bond donors (Lipinski definition) is 1. The van der Waals surface area contributed by atoms with Gasteiger partial charge in [0.1, 0.15) is 5.15 Å². The number of hydrogen-bond acceptors (Lipinski definition) is 7. The first kappa shape index (κ1) is 17.9. The second kappa shape index (κ2) is 7.87. The molecular weight excluding hydrogens is 363 g/mol. The van der Waals surface area contributed by atoms with E-state index >= 15 is 0 Å². The van der Waals surface area contributed by atoms with Crippen molar-refractivity contribution in [1.29, 1.82) is 0 Å². The molecule has 2 rings (SSSR count). The molecule has 2 aromatic rings. The van der Waals surface area contributed by atoms with Gasteiger partial charge in [-0.3, -0.25) is 10.1 Å². The topological polar surface area (TPSA) is 92.4 Å². The van der Waals surface area contributed by atoms with E-state index in [1.807, 2.05) is 6.92 Å². The Morgan fingerprint density at radius 2 is 2.22 bits per heavy atom. The fourth-order valence-corrected chi connectivity index (χ4v) is 3.24. The van der Waals surface area contributed by atoms with E-state index in [-0.39, 0.29) is 35.9 Å². The number of aliphatic hydroxyl groups is 1. The third-order valence-electron chi connectivity index (χ3n) is 3.26. The van der Waals surface area contributed by atoms with Crippen LogP contribution in [0.1, 0.15) is 18.2 Å². The lowest BCUT2D eigenvalue weighted by atomic mass is 10.2. The summed E-state index contributed by atoms with van der Waals surface area (Å²) >= 11 is 13.0. The molecule has 0 aromatic carbocycles. The Morgan fingerprint density at radius 1 is 1.48 bits per heavy atom. The average Bonchev–Trinajstić information content (AvgIpc) is 2.92. The summed E-state index contributed by atoms with van der Waals surface area (Å²) in [4.78, 5) is 21.3. The summed E-state index contributed by atoms with van der Waals surface area (Å²) in [5.74, 6) is 0.118. The van der Waals surface area contributed by atoms with Gasteiger partial charge < -0.3 is 10.0 Å². The zero-order valence-electron chi connectivity index (χ0n) is 12.1. The molecule has 1 N–H and O–H groups in total. The fourth-order valence-electron chi connectivity index (χ4n) is 2.12. The molecule has 0 fully saturated rings. The fraction of sp³-hybridized carbons (Fsp3) is 0.385. The van der Waals surface area contributed by atoms with E-state index < -0.39 is 4.92 Å². The Labute approximate surface area is 146 Å². The van der Waals surface area contributed by atoms with Crippen LogP contribution in [0.3, 0.4) is 0 Å². The van der Waals surface area contributed by atoms with Crippen molar-refractivity contribution in [3.05, 3.63) is 42.9 Å².